The Bertz CT molecular complexity index is 927. The average molecular weight is 325 g/mol. The van der Waals surface area contributed by atoms with Crippen LogP contribution < -0.4 is 5.56 Å². The van der Waals surface area contributed by atoms with Crippen LogP contribution in [-0.4, -0.2) is 20.8 Å². The Morgan fingerprint density at radius 2 is 2.26 bits per heavy atom. The second-order valence-electron chi connectivity index (χ2n) is 6.17. The molecule has 4 rings (SSSR count). The predicted molar refractivity (Wildman–Crippen MR) is 93.0 cm³/mol. The number of aromatic nitrogens is 2. The number of pyridine rings is 1. The SMILES string of the molecule is Cc1cccn2c(=O)cc(CN3CCc4sccc4[C@@H]3C)nc12. The van der Waals surface area contributed by atoms with E-state index in [-0.39, 0.29) is 5.56 Å². The molecule has 4 nitrogen and oxygen atoms in total. The van der Waals surface area contributed by atoms with E-state index < -0.39 is 0 Å². The van der Waals surface area contributed by atoms with Crippen molar-refractivity contribution in [1.29, 1.82) is 0 Å². The molecule has 0 aromatic carbocycles. The molecule has 0 spiro atoms. The van der Waals surface area contributed by atoms with Crippen LogP contribution in [0.15, 0.2) is 40.6 Å². The highest BCUT2D eigenvalue weighted by Gasteiger charge is 2.25. The summed E-state index contributed by atoms with van der Waals surface area (Å²) in [5.41, 5.74) is 4.06. The van der Waals surface area contributed by atoms with Crippen molar-refractivity contribution in [3.8, 4) is 0 Å². The molecule has 1 aliphatic heterocycles. The lowest BCUT2D eigenvalue weighted by atomic mass is 10.0. The largest absolute Gasteiger partial charge is 0.290 e. The zero-order valence-corrected chi connectivity index (χ0v) is 14.1. The van der Waals surface area contributed by atoms with Crippen molar-refractivity contribution in [3.05, 3.63) is 67.9 Å². The lowest BCUT2D eigenvalue weighted by Gasteiger charge is -2.33. The van der Waals surface area contributed by atoms with E-state index in [1.54, 1.807) is 16.7 Å². The summed E-state index contributed by atoms with van der Waals surface area (Å²) in [5, 5.41) is 2.18. The van der Waals surface area contributed by atoms with Gasteiger partial charge in [0.05, 0.1) is 5.69 Å². The third kappa shape index (κ3) is 2.50. The van der Waals surface area contributed by atoms with Gasteiger partial charge in [-0.2, -0.15) is 0 Å². The molecule has 0 amide bonds. The molecule has 0 radical (unpaired) electrons. The zero-order chi connectivity index (χ0) is 16.0. The van der Waals surface area contributed by atoms with E-state index in [2.05, 4.69) is 23.3 Å². The molecule has 0 aliphatic carbocycles. The minimum Gasteiger partial charge on any atom is -0.290 e. The molecule has 23 heavy (non-hydrogen) atoms. The molecule has 0 saturated heterocycles. The summed E-state index contributed by atoms with van der Waals surface area (Å²) in [4.78, 5) is 21.0. The molecule has 0 unspecified atom stereocenters. The standard InChI is InChI=1S/C18H19N3OS/c1-12-4-3-7-21-17(22)10-14(19-18(12)21)11-20-8-5-16-15(13(20)2)6-9-23-16/h3-4,6-7,9-10,13H,5,8,11H2,1-2H3/t13-/m0/s1. The third-order valence-corrected chi connectivity index (χ3v) is 5.70. The molecular formula is C18H19N3OS. The van der Waals surface area contributed by atoms with Crippen molar-refractivity contribution < 1.29 is 0 Å². The number of nitrogens with zero attached hydrogens (tertiary/aromatic N) is 3. The van der Waals surface area contributed by atoms with Crippen LogP contribution in [0, 0.1) is 6.92 Å². The molecule has 4 heterocycles. The van der Waals surface area contributed by atoms with E-state index in [1.165, 1.54) is 10.4 Å². The van der Waals surface area contributed by atoms with E-state index in [9.17, 15) is 4.79 Å². The Balaban J connectivity index is 1.69. The van der Waals surface area contributed by atoms with E-state index in [1.807, 2.05) is 30.4 Å². The van der Waals surface area contributed by atoms with Gasteiger partial charge in [0.25, 0.3) is 5.56 Å². The van der Waals surface area contributed by atoms with Gasteiger partial charge in [-0.05, 0) is 48.9 Å². The highest BCUT2D eigenvalue weighted by Crippen LogP contribution is 2.33. The molecule has 0 fully saturated rings. The van der Waals surface area contributed by atoms with Gasteiger partial charge in [-0.25, -0.2) is 4.98 Å². The Hall–Kier alpha value is -1.98. The van der Waals surface area contributed by atoms with Crippen LogP contribution in [0.4, 0.5) is 0 Å². The normalized spacial score (nSPS) is 18.3. The van der Waals surface area contributed by atoms with Crippen LogP contribution in [0.5, 0.6) is 0 Å². The van der Waals surface area contributed by atoms with Crippen LogP contribution in [-0.2, 0) is 13.0 Å². The minimum atomic E-state index is -0.00501. The molecule has 3 aromatic heterocycles. The van der Waals surface area contributed by atoms with Gasteiger partial charge in [0, 0.05) is 36.3 Å². The van der Waals surface area contributed by atoms with Crippen LogP contribution >= 0.6 is 11.3 Å². The lowest BCUT2D eigenvalue weighted by Crippen LogP contribution is -2.33. The first-order valence-corrected chi connectivity index (χ1v) is 8.79. The molecule has 3 aromatic rings. The molecular weight excluding hydrogens is 306 g/mol. The molecule has 118 valence electrons. The highest BCUT2D eigenvalue weighted by atomic mass is 32.1. The first kappa shape index (κ1) is 14.6. The fourth-order valence-electron chi connectivity index (χ4n) is 3.38. The van der Waals surface area contributed by atoms with Crippen molar-refractivity contribution in [2.45, 2.75) is 32.9 Å². The van der Waals surface area contributed by atoms with Crippen molar-refractivity contribution in [1.82, 2.24) is 14.3 Å². The van der Waals surface area contributed by atoms with E-state index in [0.717, 1.165) is 36.4 Å². The quantitative estimate of drug-likeness (QED) is 0.726. The average Bonchev–Trinajstić information content (AvgIpc) is 3.01. The fraction of sp³-hybridized carbons (Fsp3) is 0.333. The van der Waals surface area contributed by atoms with E-state index in [4.69, 9.17) is 4.98 Å². The number of aryl methyl sites for hydroxylation is 1. The summed E-state index contributed by atoms with van der Waals surface area (Å²) in [7, 11) is 0. The number of fused-ring (bicyclic) bond motifs is 2. The second-order valence-corrected chi connectivity index (χ2v) is 7.17. The third-order valence-electron chi connectivity index (χ3n) is 4.71. The van der Waals surface area contributed by atoms with Gasteiger partial charge in [0.15, 0.2) is 0 Å². The van der Waals surface area contributed by atoms with Gasteiger partial charge < -0.3 is 0 Å². The van der Waals surface area contributed by atoms with Gasteiger partial charge in [-0.15, -0.1) is 11.3 Å². The Kier molecular flexibility index (Phi) is 3.54. The van der Waals surface area contributed by atoms with Gasteiger partial charge in [0.1, 0.15) is 5.65 Å². The van der Waals surface area contributed by atoms with Crippen molar-refractivity contribution >= 4 is 17.0 Å². The Morgan fingerprint density at radius 3 is 3.13 bits per heavy atom. The van der Waals surface area contributed by atoms with Crippen LogP contribution in [0.25, 0.3) is 5.65 Å². The molecule has 5 heteroatoms. The first-order valence-electron chi connectivity index (χ1n) is 7.92. The summed E-state index contributed by atoms with van der Waals surface area (Å²) < 4.78 is 1.62. The number of rotatable bonds is 2. The monoisotopic (exact) mass is 325 g/mol. The number of hydrogen-bond donors (Lipinski definition) is 0. The predicted octanol–water partition coefficient (Wildman–Crippen LogP) is 3.18. The maximum Gasteiger partial charge on any atom is 0.258 e. The topological polar surface area (TPSA) is 37.6 Å². The second kappa shape index (κ2) is 5.58. The molecule has 0 N–H and O–H groups in total. The minimum absolute atomic E-state index is 0.00501. The van der Waals surface area contributed by atoms with Gasteiger partial charge >= 0.3 is 0 Å². The van der Waals surface area contributed by atoms with Gasteiger partial charge in [-0.3, -0.25) is 14.1 Å². The van der Waals surface area contributed by atoms with Crippen LogP contribution in [0.2, 0.25) is 0 Å². The first-order chi connectivity index (χ1) is 11.1. The number of hydrogen-bond acceptors (Lipinski definition) is 4. The van der Waals surface area contributed by atoms with Crippen LogP contribution in [0.3, 0.4) is 0 Å². The summed E-state index contributed by atoms with van der Waals surface area (Å²) >= 11 is 1.85. The maximum absolute atomic E-state index is 12.3. The molecule has 1 atom stereocenters. The zero-order valence-electron chi connectivity index (χ0n) is 13.3. The maximum atomic E-state index is 12.3. The smallest absolute Gasteiger partial charge is 0.258 e. The van der Waals surface area contributed by atoms with Crippen molar-refractivity contribution in [3.63, 3.8) is 0 Å². The van der Waals surface area contributed by atoms with Gasteiger partial charge in [-0.1, -0.05) is 6.07 Å². The van der Waals surface area contributed by atoms with E-state index >= 15 is 0 Å². The van der Waals surface area contributed by atoms with Gasteiger partial charge in [0.2, 0.25) is 0 Å². The Labute approximate surface area is 139 Å². The molecule has 1 aliphatic rings. The number of thiophene rings is 1. The molecule has 0 bridgehead atoms. The summed E-state index contributed by atoms with van der Waals surface area (Å²) in [6.45, 7) is 5.97. The Morgan fingerprint density at radius 1 is 1.39 bits per heavy atom. The highest BCUT2D eigenvalue weighted by molar-refractivity contribution is 7.10. The summed E-state index contributed by atoms with van der Waals surface area (Å²) in [6.07, 6.45) is 2.87. The fourth-order valence-corrected chi connectivity index (χ4v) is 4.34. The summed E-state index contributed by atoms with van der Waals surface area (Å²) in [5.74, 6) is 0. The van der Waals surface area contributed by atoms with Crippen molar-refractivity contribution in [2.75, 3.05) is 6.54 Å². The van der Waals surface area contributed by atoms with E-state index in [0.29, 0.717) is 6.04 Å². The van der Waals surface area contributed by atoms with Crippen LogP contribution in [0.1, 0.15) is 34.7 Å². The van der Waals surface area contributed by atoms with Crippen molar-refractivity contribution in [2.24, 2.45) is 0 Å². The molecule has 0 saturated carbocycles. The summed E-state index contributed by atoms with van der Waals surface area (Å²) in [6, 6.07) is 8.15. The lowest BCUT2D eigenvalue weighted by molar-refractivity contribution is 0.189.